The van der Waals surface area contributed by atoms with Crippen LogP contribution < -0.4 is 0 Å². The summed E-state index contributed by atoms with van der Waals surface area (Å²) < 4.78 is 8.00. The van der Waals surface area contributed by atoms with Gasteiger partial charge in [0.05, 0.1) is 0 Å². The molecule has 0 radical (unpaired) electrons. The average Bonchev–Trinajstić information content (AvgIpc) is 1.88. The van der Waals surface area contributed by atoms with E-state index in [1.54, 1.807) is 4.92 Å². The SMILES string of the molecule is [CH2-]C/C=C\[CH]=[Fe].[O]=[Fe+]. The van der Waals surface area contributed by atoms with Crippen LogP contribution in [0.3, 0.4) is 0 Å². The third-order valence-electron chi connectivity index (χ3n) is 0.371. The van der Waals surface area contributed by atoms with Crippen LogP contribution in [-0.2, 0) is 35.4 Å². The van der Waals surface area contributed by atoms with Crippen LogP contribution >= 0.6 is 0 Å². The zero-order valence-corrected chi connectivity index (χ0v) is 6.47. The van der Waals surface area contributed by atoms with E-state index < -0.39 is 0 Å². The van der Waals surface area contributed by atoms with Crippen molar-refractivity contribution in [1.82, 2.24) is 0 Å². The first-order valence-electron chi connectivity index (χ1n) is 1.92. The Labute approximate surface area is 65.9 Å². The Morgan fingerprint density at radius 3 is 2.25 bits per heavy atom. The van der Waals surface area contributed by atoms with Gasteiger partial charge in [-0.1, -0.05) is 0 Å². The number of hydrogen-bond acceptors (Lipinski definition) is 1. The number of rotatable bonds is 2. The maximum atomic E-state index is 8.00. The van der Waals surface area contributed by atoms with Gasteiger partial charge in [-0.25, -0.2) is 0 Å². The summed E-state index contributed by atoms with van der Waals surface area (Å²) in [5.74, 6) is 0. The first kappa shape index (κ1) is 11.3. The molecule has 0 aromatic carbocycles. The van der Waals surface area contributed by atoms with Crippen molar-refractivity contribution >= 4 is 4.92 Å². The molecule has 0 aromatic heterocycles. The second kappa shape index (κ2) is 15.7. The molecule has 1 nitrogen and oxygen atoms in total. The Kier molecular flexibility index (Phi) is 22.1. The predicted octanol–water partition coefficient (Wildman–Crippen LogP) is 0.994. The van der Waals surface area contributed by atoms with Crippen molar-refractivity contribution in [2.24, 2.45) is 0 Å². The molecule has 0 unspecified atom stereocenters. The Balaban J connectivity index is 0. The molecule has 3 heteroatoms. The molecule has 0 N–H and O–H groups in total. The average molecular weight is 195 g/mol. The molecule has 0 saturated carbocycles. The van der Waals surface area contributed by atoms with Crippen molar-refractivity contribution in [1.29, 1.82) is 0 Å². The molecule has 0 aliphatic heterocycles. The molecule has 0 aromatic rings. The van der Waals surface area contributed by atoms with Crippen molar-refractivity contribution < 1.29 is 35.4 Å². The minimum absolute atomic E-state index is 0.853. The molecule has 0 fully saturated rings. The maximum absolute atomic E-state index is 8.00. The van der Waals surface area contributed by atoms with Gasteiger partial charge in [-0.2, -0.15) is 0 Å². The molecule has 0 aliphatic carbocycles. The Morgan fingerprint density at radius 1 is 1.62 bits per heavy atom. The number of allylic oxidation sites excluding steroid dienone is 2. The molecular formula is C5H7Fe2O. The fourth-order valence-corrected chi connectivity index (χ4v) is 0.295. The molecule has 0 rings (SSSR count). The Hall–Kier alpha value is 0.449. The predicted molar refractivity (Wildman–Crippen MR) is 25.9 cm³/mol. The zero-order valence-electron chi connectivity index (χ0n) is 4.26. The summed E-state index contributed by atoms with van der Waals surface area (Å²) in [6.07, 6.45) is 4.69. The van der Waals surface area contributed by atoms with E-state index in [-0.39, 0.29) is 0 Å². The van der Waals surface area contributed by atoms with Gasteiger partial charge in [0.25, 0.3) is 0 Å². The van der Waals surface area contributed by atoms with E-state index in [1.165, 1.54) is 0 Å². The van der Waals surface area contributed by atoms with Gasteiger partial charge in [0.15, 0.2) is 0 Å². The molecule has 0 aliphatic rings. The van der Waals surface area contributed by atoms with Crippen molar-refractivity contribution in [3.8, 4) is 0 Å². The fraction of sp³-hybridized carbons (Fsp3) is 0.200. The summed E-state index contributed by atoms with van der Waals surface area (Å²) in [6, 6.07) is 0. The van der Waals surface area contributed by atoms with Crippen LogP contribution in [0, 0.1) is 6.92 Å². The first-order valence-corrected chi connectivity index (χ1v) is 3.01. The van der Waals surface area contributed by atoms with Gasteiger partial charge in [0, 0.05) is 0 Å². The van der Waals surface area contributed by atoms with Crippen LogP contribution in [0.25, 0.3) is 0 Å². The van der Waals surface area contributed by atoms with E-state index in [0.29, 0.717) is 0 Å². The van der Waals surface area contributed by atoms with Gasteiger partial charge in [0.1, 0.15) is 0 Å². The van der Waals surface area contributed by atoms with Gasteiger partial charge in [-0.05, 0) is 0 Å². The minimum atomic E-state index is 0.853. The Morgan fingerprint density at radius 2 is 2.12 bits per heavy atom. The zero-order chi connectivity index (χ0) is 6.83. The van der Waals surface area contributed by atoms with Crippen LogP contribution in [-0.4, -0.2) is 4.92 Å². The van der Waals surface area contributed by atoms with Crippen molar-refractivity contribution in [3.05, 3.63) is 19.1 Å². The molecule has 0 spiro atoms. The van der Waals surface area contributed by atoms with E-state index in [9.17, 15) is 0 Å². The molecule has 0 amide bonds. The van der Waals surface area contributed by atoms with E-state index in [4.69, 9.17) is 3.83 Å². The van der Waals surface area contributed by atoms with E-state index in [1.807, 2.05) is 28.1 Å². The van der Waals surface area contributed by atoms with Gasteiger partial charge in [-0.3, -0.25) is 0 Å². The molecular weight excluding hydrogens is 188 g/mol. The normalized spacial score (nSPS) is 7.75. The molecule has 0 atom stereocenters. The first-order chi connectivity index (χ1) is 3.91. The van der Waals surface area contributed by atoms with E-state index >= 15 is 0 Å². The second-order valence-corrected chi connectivity index (χ2v) is 1.20. The summed E-state index contributed by atoms with van der Waals surface area (Å²) in [7, 11) is 0. The Bertz CT molecular complexity index is 70.8. The monoisotopic (exact) mass is 195 g/mol. The van der Waals surface area contributed by atoms with Gasteiger partial charge < -0.3 is 0 Å². The summed E-state index contributed by atoms with van der Waals surface area (Å²) in [5, 5.41) is 0. The van der Waals surface area contributed by atoms with Crippen LogP contribution in [0.2, 0.25) is 0 Å². The third-order valence-corrected chi connectivity index (χ3v) is 0.583. The summed E-state index contributed by atoms with van der Waals surface area (Å²) >= 11 is 5.48. The van der Waals surface area contributed by atoms with Crippen LogP contribution in [0.1, 0.15) is 6.42 Å². The molecule has 49 valence electrons. The quantitative estimate of drug-likeness (QED) is 0.474. The van der Waals surface area contributed by atoms with E-state index in [2.05, 4.69) is 22.5 Å². The standard InChI is InChI=1S/C5H7.2Fe.O/c1-3-5-4-2;;;/h1,3,5H,2,4H2;;;/q-1;;+1;/b5-3-;;;. The molecule has 0 heterocycles. The third kappa shape index (κ3) is 16.1. The van der Waals surface area contributed by atoms with Crippen molar-refractivity contribution in [3.63, 3.8) is 0 Å². The van der Waals surface area contributed by atoms with Crippen LogP contribution in [0.4, 0.5) is 0 Å². The molecule has 8 heavy (non-hydrogen) atoms. The van der Waals surface area contributed by atoms with Gasteiger partial charge in [0.2, 0.25) is 0 Å². The van der Waals surface area contributed by atoms with Gasteiger partial charge >= 0.3 is 65.8 Å². The molecule has 0 saturated heterocycles. The van der Waals surface area contributed by atoms with Gasteiger partial charge in [-0.15, -0.1) is 0 Å². The van der Waals surface area contributed by atoms with Crippen LogP contribution in [0.15, 0.2) is 12.2 Å². The topological polar surface area (TPSA) is 17.1 Å². The summed E-state index contributed by atoms with van der Waals surface area (Å²) in [6.45, 7) is 3.59. The second-order valence-electron chi connectivity index (χ2n) is 0.835. The summed E-state index contributed by atoms with van der Waals surface area (Å²) in [5.41, 5.74) is 0. The fourth-order valence-electron chi connectivity index (χ4n) is 0.144. The van der Waals surface area contributed by atoms with Crippen LogP contribution in [0.5, 0.6) is 0 Å². The van der Waals surface area contributed by atoms with Crippen molar-refractivity contribution in [2.75, 3.05) is 0 Å². The van der Waals surface area contributed by atoms with E-state index in [0.717, 1.165) is 6.42 Å². The summed E-state index contributed by atoms with van der Waals surface area (Å²) in [4.78, 5) is 1.74. The van der Waals surface area contributed by atoms with Crippen molar-refractivity contribution in [2.45, 2.75) is 6.42 Å². The number of hydrogen-bond donors (Lipinski definition) is 0. The molecule has 0 bridgehead atoms.